The van der Waals surface area contributed by atoms with Crippen LogP contribution in [0.15, 0.2) is 48.8 Å². The van der Waals surface area contributed by atoms with Crippen LogP contribution in [0.3, 0.4) is 0 Å². The normalized spacial score (nSPS) is 20.4. The Morgan fingerprint density at radius 1 is 1.04 bits per heavy atom. The van der Waals surface area contributed by atoms with E-state index in [-0.39, 0.29) is 11.9 Å². The summed E-state index contributed by atoms with van der Waals surface area (Å²) in [5, 5.41) is 4.62. The Kier molecular flexibility index (Phi) is 4.24. The predicted molar refractivity (Wildman–Crippen MR) is 107 cm³/mol. The molecule has 2 aromatic heterocycles. The van der Waals surface area contributed by atoms with Gasteiger partial charge in [-0.15, -0.1) is 5.10 Å². The fourth-order valence-corrected chi connectivity index (χ4v) is 4.27. The van der Waals surface area contributed by atoms with Gasteiger partial charge in [-0.1, -0.05) is 24.3 Å². The number of carbonyl (C=O) groups excluding carboxylic acids is 1. The lowest BCUT2D eigenvalue weighted by atomic mass is 9.93. The number of hydrogen-bond donors (Lipinski definition) is 0. The first-order valence-electron chi connectivity index (χ1n) is 9.80. The molecule has 5 rings (SSSR count). The molecule has 1 atom stereocenters. The van der Waals surface area contributed by atoms with Gasteiger partial charge in [0.05, 0.1) is 6.04 Å². The van der Waals surface area contributed by atoms with Crippen molar-refractivity contribution in [3.05, 3.63) is 59.9 Å². The Balaban J connectivity index is 1.25. The first-order valence-corrected chi connectivity index (χ1v) is 9.80. The lowest BCUT2D eigenvalue weighted by Gasteiger charge is -2.40. The molecule has 0 saturated carbocycles. The van der Waals surface area contributed by atoms with Gasteiger partial charge in [-0.3, -0.25) is 9.69 Å². The van der Waals surface area contributed by atoms with Crippen molar-refractivity contribution in [2.24, 2.45) is 0 Å². The van der Waals surface area contributed by atoms with Crippen LogP contribution in [0.1, 0.15) is 11.1 Å². The van der Waals surface area contributed by atoms with Gasteiger partial charge in [-0.05, 0) is 36.7 Å². The molecule has 28 heavy (non-hydrogen) atoms. The fraction of sp³-hybridized carbons (Fsp3) is 0.381. The average molecular weight is 376 g/mol. The highest BCUT2D eigenvalue weighted by molar-refractivity contribution is 5.83. The highest BCUT2D eigenvalue weighted by atomic mass is 16.2. The molecule has 7 heteroatoms. The number of benzene rings is 1. The number of likely N-dealkylation sites (N-methyl/N-ethyl adjacent to an activating group) is 1. The minimum atomic E-state index is -0.0677. The van der Waals surface area contributed by atoms with Crippen molar-refractivity contribution >= 4 is 17.4 Å². The van der Waals surface area contributed by atoms with E-state index in [2.05, 4.69) is 51.2 Å². The largest absolute Gasteiger partial charge is 0.352 e. The molecule has 4 heterocycles. The topological polar surface area (TPSA) is 57.0 Å². The standard InChI is InChI=1S/C21H24N6O/c1-24-15-17-5-3-2-4-16(17)14-18(24)21(28)26-12-10-25(11-13-26)20-7-6-19-22-8-9-27(19)23-20/h2-9,18H,10-15H2,1H3/t18-/m0/s1. The molecule has 0 spiro atoms. The zero-order valence-corrected chi connectivity index (χ0v) is 16.0. The van der Waals surface area contributed by atoms with Crippen molar-refractivity contribution in [1.82, 2.24) is 24.4 Å². The highest BCUT2D eigenvalue weighted by Crippen LogP contribution is 2.24. The van der Waals surface area contributed by atoms with Crippen LogP contribution in [-0.4, -0.2) is 69.6 Å². The molecule has 0 N–H and O–H groups in total. The molecule has 144 valence electrons. The maximum atomic E-state index is 13.2. The van der Waals surface area contributed by atoms with E-state index in [1.165, 1.54) is 11.1 Å². The number of nitrogens with zero attached hydrogens (tertiary/aromatic N) is 6. The van der Waals surface area contributed by atoms with Crippen molar-refractivity contribution in [3.63, 3.8) is 0 Å². The zero-order chi connectivity index (χ0) is 19.1. The molecule has 0 unspecified atom stereocenters. The third kappa shape index (κ3) is 3.01. The first kappa shape index (κ1) is 17.2. The van der Waals surface area contributed by atoms with E-state index in [4.69, 9.17) is 0 Å². The summed E-state index contributed by atoms with van der Waals surface area (Å²) in [6.07, 6.45) is 4.40. The van der Waals surface area contributed by atoms with Gasteiger partial charge < -0.3 is 9.80 Å². The fourth-order valence-electron chi connectivity index (χ4n) is 4.27. The first-order chi connectivity index (χ1) is 13.7. The van der Waals surface area contributed by atoms with Crippen LogP contribution in [0.5, 0.6) is 0 Å². The Morgan fingerprint density at radius 3 is 2.64 bits per heavy atom. The third-order valence-electron chi connectivity index (χ3n) is 5.92. The van der Waals surface area contributed by atoms with Crippen molar-refractivity contribution in [2.45, 2.75) is 19.0 Å². The zero-order valence-electron chi connectivity index (χ0n) is 16.0. The summed E-state index contributed by atoms with van der Waals surface area (Å²) in [4.78, 5) is 23.9. The van der Waals surface area contributed by atoms with E-state index in [1.54, 1.807) is 10.7 Å². The molecule has 0 bridgehead atoms. The summed E-state index contributed by atoms with van der Waals surface area (Å²) >= 11 is 0. The van der Waals surface area contributed by atoms with Gasteiger partial charge in [-0.2, -0.15) is 0 Å². The Morgan fingerprint density at radius 2 is 1.82 bits per heavy atom. The summed E-state index contributed by atoms with van der Waals surface area (Å²) in [5.41, 5.74) is 3.48. The van der Waals surface area contributed by atoms with Crippen molar-refractivity contribution in [2.75, 3.05) is 38.1 Å². The lowest BCUT2D eigenvalue weighted by molar-refractivity contribution is -0.137. The van der Waals surface area contributed by atoms with Crippen LogP contribution in [-0.2, 0) is 17.8 Å². The van der Waals surface area contributed by atoms with E-state index in [0.29, 0.717) is 0 Å². The van der Waals surface area contributed by atoms with E-state index in [9.17, 15) is 4.79 Å². The van der Waals surface area contributed by atoms with Gasteiger partial charge >= 0.3 is 0 Å². The molecule has 2 aliphatic heterocycles. The maximum Gasteiger partial charge on any atom is 0.240 e. The highest BCUT2D eigenvalue weighted by Gasteiger charge is 2.33. The number of rotatable bonds is 2. The molecule has 2 aliphatic rings. The van der Waals surface area contributed by atoms with E-state index in [0.717, 1.165) is 50.6 Å². The molecule has 1 saturated heterocycles. The number of fused-ring (bicyclic) bond motifs is 2. The van der Waals surface area contributed by atoms with Crippen LogP contribution < -0.4 is 4.90 Å². The number of piperazine rings is 1. The van der Waals surface area contributed by atoms with Crippen LogP contribution >= 0.6 is 0 Å². The van der Waals surface area contributed by atoms with Crippen LogP contribution in [0, 0.1) is 0 Å². The Bertz CT molecular complexity index is 1010. The second kappa shape index (κ2) is 6.91. The molecule has 0 radical (unpaired) electrons. The number of carbonyl (C=O) groups is 1. The minimum absolute atomic E-state index is 0.0677. The van der Waals surface area contributed by atoms with Crippen LogP contribution in [0.2, 0.25) is 0 Å². The summed E-state index contributed by atoms with van der Waals surface area (Å²) in [6, 6.07) is 12.4. The van der Waals surface area contributed by atoms with Gasteiger partial charge in [-0.25, -0.2) is 9.50 Å². The summed E-state index contributed by atoms with van der Waals surface area (Å²) < 4.78 is 1.79. The second-order valence-electron chi connectivity index (χ2n) is 7.64. The number of amides is 1. The smallest absolute Gasteiger partial charge is 0.240 e. The van der Waals surface area contributed by atoms with E-state index in [1.807, 2.05) is 23.2 Å². The monoisotopic (exact) mass is 376 g/mol. The van der Waals surface area contributed by atoms with Crippen LogP contribution in [0.4, 0.5) is 5.82 Å². The van der Waals surface area contributed by atoms with Crippen molar-refractivity contribution in [1.29, 1.82) is 0 Å². The Hall–Kier alpha value is -2.93. The quantitative estimate of drug-likeness (QED) is 0.677. The second-order valence-corrected chi connectivity index (χ2v) is 7.64. The number of imidazole rings is 1. The van der Waals surface area contributed by atoms with E-state index < -0.39 is 0 Å². The number of anilines is 1. The molecular weight excluding hydrogens is 352 g/mol. The van der Waals surface area contributed by atoms with Crippen molar-refractivity contribution < 1.29 is 4.79 Å². The molecule has 3 aromatic rings. The summed E-state index contributed by atoms with van der Waals surface area (Å²) in [6.45, 7) is 3.89. The molecule has 1 fully saturated rings. The van der Waals surface area contributed by atoms with E-state index >= 15 is 0 Å². The van der Waals surface area contributed by atoms with Gasteiger partial charge in [0.25, 0.3) is 0 Å². The number of hydrogen-bond acceptors (Lipinski definition) is 5. The molecule has 7 nitrogen and oxygen atoms in total. The summed E-state index contributed by atoms with van der Waals surface area (Å²) in [7, 11) is 2.05. The van der Waals surface area contributed by atoms with Gasteiger partial charge in [0.15, 0.2) is 5.65 Å². The minimum Gasteiger partial charge on any atom is -0.352 e. The maximum absolute atomic E-state index is 13.2. The molecule has 1 amide bonds. The third-order valence-corrected chi connectivity index (χ3v) is 5.92. The summed E-state index contributed by atoms with van der Waals surface area (Å²) in [5.74, 6) is 1.18. The van der Waals surface area contributed by atoms with Crippen molar-refractivity contribution in [3.8, 4) is 0 Å². The SMILES string of the molecule is CN1Cc2ccccc2C[C@H]1C(=O)N1CCN(c2ccc3nccn3n2)CC1. The Labute approximate surface area is 164 Å². The van der Waals surface area contributed by atoms with Gasteiger partial charge in [0, 0.05) is 45.1 Å². The average Bonchev–Trinajstić information content (AvgIpc) is 3.21. The predicted octanol–water partition coefficient (Wildman–Crippen LogP) is 1.43. The van der Waals surface area contributed by atoms with Crippen LogP contribution in [0.25, 0.3) is 5.65 Å². The molecule has 1 aromatic carbocycles. The molecular formula is C21H24N6O. The van der Waals surface area contributed by atoms with Gasteiger partial charge in [0.1, 0.15) is 5.82 Å². The lowest BCUT2D eigenvalue weighted by Crippen LogP contribution is -2.56. The molecule has 0 aliphatic carbocycles. The number of aromatic nitrogens is 3. The van der Waals surface area contributed by atoms with Gasteiger partial charge in [0.2, 0.25) is 5.91 Å².